The summed E-state index contributed by atoms with van der Waals surface area (Å²) in [6, 6.07) is 5.24. The summed E-state index contributed by atoms with van der Waals surface area (Å²) in [6.07, 6.45) is 0. The lowest BCUT2D eigenvalue weighted by Gasteiger charge is -2.26. The van der Waals surface area contributed by atoms with E-state index >= 15 is 0 Å². The monoisotopic (exact) mass is 590 g/mol. The summed E-state index contributed by atoms with van der Waals surface area (Å²) in [6.45, 7) is 2.89. The van der Waals surface area contributed by atoms with E-state index in [9.17, 15) is 21.6 Å². The normalized spacial score (nSPS) is 15.1. The molecule has 0 bridgehead atoms. The molecule has 1 aliphatic rings. The second-order valence-corrected chi connectivity index (χ2v) is 9.76. The standard InChI is InChI=1S/C18H19ClF3IN4O3S/c19-12-9-11(23)1-2-14(12)25-18-13(20)10-15(16(21)17(18)22)26-31(28,29)24-3-4-27-5-7-30-8-6-27/h1-2,9-10,24-26H,3-8H2. The molecule has 2 aromatic rings. The van der Waals surface area contributed by atoms with Crippen LogP contribution in [0.2, 0.25) is 5.02 Å². The molecule has 2 aromatic carbocycles. The summed E-state index contributed by atoms with van der Waals surface area (Å²) in [4.78, 5) is 1.99. The van der Waals surface area contributed by atoms with Crippen molar-refractivity contribution in [1.82, 2.24) is 9.62 Å². The van der Waals surface area contributed by atoms with Crippen molar-refractivity contribution in [2.75, 3.05) is 49.4 Å². The predicted octanol–water partition coefficient (Wildman–Crippen LogP) is 3.68. The van der Waals surface area contributed by atoms with E-state index in [0.29, 0.717) is 38.9 Å². The fraction of sp³-hybridized carbons (Fsp3) is 0.333. The molecular formula is C18H19ClF3IN4O3S. The first-order valence-electron chi connectivity index (χ1n) is 9.13. The van der Waals surface area contributed by atoms with Crippen LogP contribution in [-0.4, -0.2) is 52.7 Å². The fourth-order valence-electron chi connectivity index (χ4n) is 2.85. The first-order valence-corrected chi connectivity index (χ1v) is 12.1. The zero-order chi connectivity index (χ0) is 22.6. The lowest BCUT2D eigenvalue weighted by Crippen LogP contribution is -2.42. The summed E-state index contributed by atoms with van der Waals surface area (Å²) in [5, 5.41) is 2.58. The average molecular weight is 591 g/mol. The Kier molecular flexibility index (Phi) is 8.26. The molecular weight excluding hydrogens is 572 g/mol. The van der Waals surface area contributed by atoms with Crippen LogP contribution in [0.1, 0.15) is 0 Å². The number of rotatable bonds is 8. The van der Waals surface area contributed by atoms with Gasteiger partial charge in [0.2, 0.25) is 0 Å². The van der Waals surface area contributed by atoms with Gasteiger partial charge in [0.25, 0.3) is 10.2 Å². The van der Waals surface area contributed by atoms with Gasteiger partial charge in [0, 0.05) is 35.8 Å². The van der Waals surface area contributed by atoms with Crippen LogP contribution in [0.25, 0.3) is 0 Å². The highest BCUT2D eigenvalue weighted by Gasteiger charge is 2.23. The Balaban J connectivity index is 1.70. The maximum atomic E-state index is 14.5. The largest absolute Gasteiger partial charge is 0.379 e. The van der Waals surface area contributed by atoms with E-state index in [0.717, 1.165) is 3.57 Å². The smallest absolute Gasteiger partial charge is 0.299 e. The molecule has 0 saturated carbocycles. The molecule has 0 aromatic heterocycles. The maximum Gasteiger partial charge on any atom is 0.299 e. The van der Waals surface area contributed by atoms with Gasteiger partial charge in [0.05, 0.1) is 29.6 Å². The minimum atomic E-state index is -4.25. The zero-order valence-electron chi connectivity index (χ0n) is 16.0. The van der Waals surface area contributed by atoms with E-state index in [-0.39, 0.29) is 17.3 Å². The number of hydrogen-bond donors (Lipinski definition) is 3. The number of halogens is 5. The van der Waals surface area contributed by atoms with Gasteiger partial charge >= 0.3 is 0 Å². The molecule has 0 spiro atoms. The van der Waals surface area contributed by atoms with Crippen LogP contribution in [0.4, 0.5) is 30.2 Å². The number of hydrogen-bond acceptors (Lipinski definition) is 5. The number of anilines is 3. The van der Waals surface area contributed by atoms with Crippen LogP contribution in [0.15, 0.2) is 24.3 Å². The van der Waals surface area contributed by atoms with E-state index in [1.54, 1.807) is 12.1 Å². The van der Waals surface area contributed by atoms with Crippen LogP contribution in [0.3, 0.4) is 0 Å². The number of nitrogens with one attached hydrogen (secondary N) is 3. The van der Waals surface area contributed by atoms with Gasteiger partial charge in [0.15, 0.2) is 17.5 Å². The fourth-order valence-corrected chi connectivity index (χ4v) is 4.63. The molecule has 31 heavy (non-hydrogen) atoms. The van der Waals surface area contributed by atoms with Crippen molar-refractivity contribution in [1.29, 1.82) is 0 Å². The van der Waals surface area contributed by atoms with Crippen molar-refractivity contribution in [3.8, 4) is 0 Å². The van der Waals surface area contributed by atoms with Gasteiger partial charge in [-0.15, -0.1) is 0 Å². The topological polar surface area (TPSA) is 82.7 Å². The molecule has 13 heteroatoms. The average Bonchev–Trinajstić information content (AvgIpc) is 2.71. The van der Waals surface area contributed by atoms with Gasteiger partial charge in [-0.2, -0.15) is 13.1 Å². The van der Waals surface area contributed by atoms with Crippen molar-refractivity contribution < 1.29 is 26.3 Å². The van der Waals surface area contributed by atoms with Gasteiger partial charge in [-0.25, -0.2) is 13.2 Å². The molecule has 170 valence electrons. The third kappa shape index (κ3) is 6.58. The second kappa shape index (κ2) is 10.5. The lowest BCUT2D eigenvalue weighted by molar-refractivity contribution is 0.0390. The highest BCUT2D eigenvalue weighted by Crippen LogP contribution is 2.33. The third-order valence-corrected chi connectivity index (χ3v) is 6.47. The summed E-state index contributed by atoms with van der Waals surface area (Å²) < 4.78 is 77.8. The number of benzene rings is 2. The highest BCUT2D eigenvalue weighted by atomic mass is 127. The van der Waals surface area contributed by atoms with Gasteiger partial charge in [-0.05, 0) is 40.8 Å². The second-order valence-electron chi connectivity index (χ2n) is 6.61. The van der Waals surface area contributed by atoms with Crippen LogP contribution in [-0.2, 0) is 14.9 Å². The molecule has 0 unspecified atom stereocenters. The molecule has 1 saturated heterocycles. The molecule has 0 amide bonds. The lowest BCUT2D eigenvalue weighted by atomic mass is 10.2. The Bertz CT molecular complexity index is 1060. The Hall–Kier alpha value is -1.32. The van der Waals surface area contributed by atoms with Crippen molar-refractivity contribution >= 4 is 61.5 Å². The van der Waals surface area contributed by atoms with Crippen LogP contribution >= 0.6 is 34.2 Å². The predicted molar refractivity (Wildman–Crippen MR) is 122 cm³/mol. The Morgan fingerprint density at radius 1 is 1.10 bits per heavy atom. The molecule has 0 aliphatic carbocycles. The molecule has 7 nitrogen and oxygen atoms in total. The minimum Gasteiger partial charge on any atom is -0.379 e. The summed E-state index contributed by atoms with van der Waals surface area (Å²) in [7, 11) is -4.25. The van der Waals surface area contributed by atoms with E-state index in [2.05, 4.69) is 10.0 Å². The maximum absolute atomic E-state index is 14.5. The van der Waals surface area contributed by atoms with E-state index in [4.69, 9.17) is 16.3 Å². The molecule has 1 heterocycles. The summed E-state index contributed by atoms with van der Waals surface area (Å²) in [5.74, 6) is -4.33. The van der Waals surface area contributed by atoms with E-state index in [1.807, 2.05) is 32.2 Å². The van der Waals surface area contributed by atoms with Crippen LogP contribution in [0, 0.1) is 21.0 Å². The molecule has 3 rings (SSSR count). The van der Waals surface area contributed by atoms with Crippen molar-refractivity contribution in [2.45, 2.75) is 0 Å². The van der Waals surface area contributed by atoms with E-state index < -0.39 is 39.0 Å². The van der Waals surface area contributed by atoms with Gasteiger partial charge in [0.1, 0.15) is 5.69 Å². The summed E-state index contributed by atoms with van der Waals surface area (Å²) >= 11 is 8.04. The van der Waals surface area contributed by atoms with Crippen LogP contribution in [0.5, 0.6) is 0 Å². The molecule has 3 N–H and O–H groups in total. The SMILES string of the molecule is O=S(=O)(NCCN1CCOCC1)Nc1cc(F)c(Nc2ccc(I)cc2Cl)c(F)c1F. The first-order chi connectivity index (χ1) is 14.7. The third-order valence-electron chi connectivity index (χ3n) is 4.42. The van der Waals surface area contributed by atoms with Gasteiger partial charge < -0.3 is 10.1 Å². The molecule has 1 aliphatic heterocycles. The number of nitrogens with zero attached hydrogens (tertiary/aromatic N) is 1. The van der Waals surface area contributed by atoms with Crippen molar-refractivity contribution in [3.63, 3.8) is 0 Å². The van der Waals surface area contributed by atoms with E-state index in [1.165, 1.54) is 6.07 Å². The number of ether oxygens (including phenoxy) is 1. The first kappa shape index (κ1) is 24.3. The Morgan fingerprint density at radius 2 is 1.81 bits per heavy atom. The molecule has 0 radical (unpaired) electrons. The van der Waals surface area contributed by atoms with Gasteiger partial charge in [-0.1, -0.05) is 11.6 Å². The Morgan fingerprint density at radius 3 is 2.48 bits per heavy atom. The molecule has 1 fully saturated rings. The van der Waals surface area contributed by atoms with Crippen LogP contribution < -0.4 is 14.8 Å². The van der Waals surface area contributed by atoms with Crippen molar-refractivity contribution in [3.05, 3.63) is 50.3 Å². The van der Waals surface area contributed by atoms with Gasteiger partial charge in [-0.3, -0.25) is 9.62 Å². The zero-order valence-corrected chi connectivity index (χ0v) is 19.8. The molecule has 0 atom stereocenters. The summed E-state index contributed by atoms with van der Waals surface area (Å²) in [5.41, 5.74) is -1.48. The van der Waals surface area contributed by atoms with Crippen molar-refractivity contribution in [2.24, 2.45) is 0 Å². The highest BCUT2D eigenvalue weighted by molar-refractivity contribution is 14.1. The minimum absolute atomic E-state index is 0.0346. The Labute approximate surface area is 196 Å². The quantitative estimate of drug-likeness (QED) is 0.323. The number of morpholine rings is 1.